The van der Waals surface area contributed by atoms with Crippen molar-refractivity contribution < 1.29 is 4.92 Å². The van der Waals surface area contributed by atoms with Gasteiger partial charge in [0, 0.05) is 18.7 Å². The van der Waals surface area contributed by atoms with Gasteiger partial charge in [0.2, 0.25) is 0 Å². The van der Waals surface area contributed by atoms with E-state index in [1.165, 1.54) is 0 Å². The third-order valence-corrected chi connectivity index (χ3v) is 2.93. The molecule has 0 aliphatic heterocycles. The van der Waals surface area contributed by atoms with Crippen molar-refractivity contribution in [2.45, 2.75) is 20.3 Å². The van der Waals surface area contributed by atoms with Crippen LogP contribution in [-0.4, -0.2) is 29.5 Å². The molecule has 0 aliphatic rings. The molecule has 0 radical (unpaired) electrons. The second kappa shape index (κ2) is 9.53. The Bertz CT molecular complexity index is 400. The average Bonchev–Trinajstić information content (AvgIpc) is 2.39. The normalized spacial score (nSPS) is 10.7. The van der Waals surface area contributed by atoms with Crippen LogP contribution in [0.2, 0.25) is 0 Å². The first-order valence-corrected chi connectivity index (χ1v) is 6.28. The Kier molecular flexibility index (Phi) is 8.83. The number of hydrogen-bond acceptors (Lipinski definition) is 3. The minimum absolute atomic E-state index is 0. The highest BCUT2D eigenvalue weighted by atomic mass is 35.5. The predicted molar refractivity (Wildman–Crippen MR) is 81.0 cm³/mol. The third-order valence-electron chi connectivity index (χ3n) is 2.93. The van der Waals surface area contributed by atoms with Crippen molar-refractivity contribution in [2.75, 3.05) is 19.6 Å². The van der Waals surface area contributed by atoms with Gasteiger partial charge in [-0.05, 0) is 25.1 Å². The number of nitrogens with zero attached hydrogens (tertiary/aromatic N) is 2. The number of likely N-dealkylation sites (N-methyl/N-ethyl adjacent to an activating group) is 1. The standard InChI is InChI=1S/C14H20N2O2.ClH/c1-3-15(4-2)12-6-5-7-13-8-10-14(11-9-13)16(17)18;/h5-6,8-11H,3-4,7,12H2,1-2H3;1H/b6-5+;. The van der Waals surface area contributed by atoms with E-state index in [2.05, 4.69) is 30.9 Å². The molecule has 1 aromatic rings. The van der Waals surface area contributed by atoms with Crippen molar-refractivity contribution in [3.63, 3.8) is 0 Å². The number of allylic oxidation sites excluding steroid dienone is 1. The number of rotatable bonds is 7. The minimum Gasteiger partial charge on any atom is -0.300 e. The third kappa shape index (κ3) is 6.36. The summed E-state index contributed by atoms with van der Waals surface area (Å²) in [5.74, 6) is 0. The Balaban J connectivity index is 0.00000324. The highest BCUT2D eigenvalue weighted by Gasteiger charge is 2.02. The zero-order chi connectivity index (χ0) is 13.4. The fourth-order valence-corrected chi connectivity index (χ4v) is 1.68. The van der Waals surface area contributed by atoms with Crippen LogP contribution in [0.5, 0.6) is 0 Å². The molecule has 0 bridgehead atoms. The molecule has 0 atom stereocenters. The fourth-order valence-electron chi connectivity index (χ4n) is 1.68. The lowest BCUT2D eigenvalue weighted by Crippen LogP contribution is -2.22. The van der Waals surface area contributed by atoms with Gasteiger partial charge in [-0.25, -0.2) is 0 Å². The summed E-state index contributed by atoms with van der Waals surface area (Å²) in [6, 6.07) is 6.71. The quantitative estimate of drug-likeness (QED) is 0.438. The lowest BCUT2D eigenvalue weighted by atomic mass is 10.1. The number of non-ortho nitro benzene ring substituents is 1. The van der Waals surface area contributed by atoms with Gasteiger partial charge in [-0.3, -0.25) is 10.1 Å². The van der Waals surface area contributed by atoms with Crippen molar-refractivity contribution >= 4 is 18.1 Å². The number of nitro groups is 1. The highest BCUT2D eigenvalue weighted by Crippen LogP contribution is 2.12. The Labute approximate surface area is 120 Å². The van der Waals surface area contributed by atoms with Crippen molar-refractivity contribution in [2.24, 2.45) is 0 Å². The SMILES string of the molecule is CCN(CC)C/C=C/Cc1ccc([N+](=O)[O-])cc1.Cl. The van der Waals surface area contributed by atoms with Gasteiger partial charge in [0.15, 0.2) is 0 Å². The van der Waals surface area contributed by atoms with E-state index >= 15 is 0 Å². The van der Waals surface area contributed by atoms with Crippen LogP contribution in [0.15, 0.2) is 36.4 Å². The van der Waals surface area contributed by atoms with E-state index in [0.717, 1.165) is 31.6 Å². The average molecular weight is 285 g/mol. The molecule has 19 heavy (non-hydrogen) atoms. The molecule has 0 saturated carbocycles. The van der Waals surface area contributed by atoms with Gasteiger partial charge in [-0.15, -0.1) is 12.4 Å². The molecular weight excluding hydrogens is 264 g/mol. The van der Waals surface area contributed by atoms with Crippen LogP contribution in [0.1, 0.15) is 19.4 Å². The maximum Gasteiger partial charge on any atom is 0.269 e. The van der Waals surface area contributed by atoms with Crippen LogP contribution >= 0.6 is 12.4 Å². The zero-order valence-electron chi connectivity index (χ0n) is 11.4. The first kappa shape index (κ1) is 17.6. The van der Waals surface area contributed by atoms with E-state index in [-0.39, 0.29) is 23.0 Å². The van der Waals surface area contributed by atoms with E-state index in [1.54, 1.807) is 24.3 Å². The van der Waals surface area contributed by atoms with E-state index in [9.17, 15) is 10.1 Å². The van der Waals surface area contributed by atoms with E-state index < -0.39 is 0 Å². The van der Waals surface area contributed by atoms with Crippen molar-refractivity contribution in [1.29, 1.82) is 0 Å². The van der Waals surface area contributed by atoms with Crippen molar-refractivity contribution in [1.82, 2.24) is 4.90 Å². The molecule has 0 saturated heterocycles. The monoisotopic (exact) mass is 284 g/mol. The maximum absolute atomic E-state index is 10.5. The second-order valence-electron chi connectivity index (χ2n) is 4.08. The Hall–Kier alpha value is -1.39. The maximum atomic E-state index is 10.5. The second-order valence-corrected chi connectivity index (χ2v) is 4.08. The minimum atomic E-state index is -0.375. The summed E-state index contributed by atoms with van der Waals surface area (Å²) in [4.78, 5) is 12.5. The zero-order valence-corrected chi connectivity index (χ0v) is 12.2. The Morgan fingerprint density at radius 3 is 2.21 bits per heavy atom. The molecule has 0 unspecified atom stereocenters. The molecule has 0 heterocycles. The lowest BCUT2D eigenvalue weighted by Gasteiger charge is -2.14. The summed E-state index contributed by atoms with van der Waals surface area (Å²) in [6.45, 7) is 7.36. The first-order valence-electron chi connectivity index (χ1n) is 6.28. The summed E-state index contributed by atoms with van der Waals surface area (Å²) >= 11 is 0. The topological polar surface area (TPSA) is 46.4 Å². The van der Waals surface area contributed by atoms with Crippen LogP contribution in [0.4, 0.5) is 5.69 Å². The summed E-state index contributed by atoms with van der Waals surface area (Å²) in [5.41, 5.74) is 1.24. The van der Waals surface area contributed by atoms with Crippen LogP contribution < -0.4 is 0 Å². The molecule has 0 fully saturated rings. The smallest absolute Gasteiger partial charge is 0.269 e. The van der Waals surface area contributed by atoms with Gasteiger partial charge in [0.05, 0.1) is 4.92 Å². The van der Waals surface area contributed by atoms with Crippen molar-refractivity contribution in [3.05, 3.63) is 52.1 Å². The van der Waals surface area contributed by atoms with Gasteiger partial charge < -0.3 is 4.90 Å². The molecule has 106 valence electrons. The number of hydrogen-bond donors (Lipinski definition) is 0. The van der Waals surface area contributed by atoms with Crippen LogP contribution in [0.3, 0.4) is 0 Å². The number of halogens is 1. The molecule has 5 heteroatoms. The van der Waals surface area contributed by atoms with E-state index in [1.807, 2.05) is 0 Å². The van der Waals surface area contributed by atoms with Gasteiger partial charge >= 0.3 is 0 Å². The Morgan fingerprint density at radius 2 is 1.74 bits per heavy atom. The summed E-state index contributed by atoms with van der Waals surface area (Å²) < 4.78 is 0. The van der Waals surface area contributed by atoms with E-state index in [4.69, 9.17) is 0 Å². The summed E-state index contributed by atoms with van der Waals surface area (Å²) in [7, 11) is 0. The van der Waals surface area contributed by atoms with E-state index in [0.29, 0.717) is 0 Å². The van der Waals surface area contributed by atoms with Crippen molar-refractivity contribution in [3.8, 4) is 0 Å². The predicted octanol–water partition coefficient (Wildman–Crippen LogP) is 3.46. The number of nitro benzene ring substituents is 1. The molecule has 0 aliphatic carbocycles. The van der Waals surface area contributed by atoms with Crippen LogP contribution in [0, 0.1) is 10.1 Å². The van der Waals surface area contributed by atoms with Crippen LogP contribution in [-0.2, 0) is 6.42 Å². The molecule has 0 spiro atoms. The molecule has 0 N–H and O–H groups in total. The molecule has 0 amide bonds. The van der Waals surface area contributed by atoms with Crippen LogP contribution in [0.25, 0.3) is 0 Å². The molecular formula is C14H21ClN2O2. The fraction of sp³-hybridized carbons (Fsp3) is 0.429. The highest BCUT2D eigenvalue weighted by molar-refractivity contribution is 5.85. The molecule has 0 aromatic heterocycles. The molecule has 1 aromatic carbocycles. The first-order chi connectivity index (χ1) is 8.67. The van der Waals surface area contributed by atoms with Gasteiger partial charge in [0.1, 0.15) is 0 Å². The molecule has 4 nitrogen and oxygen atoms in total. The summed E-state index contributed by atoms with van der Waals surface area (Å²) in [5, 5.41) is 10.5. The lowest BCUT2D eigenvalue weighted by molar-refractivity contribution is -0.384. The largest absolute Gasteiger partial charge is 0.300 e. The van der Waals surface area contributed by atoms with Gasteiger partial charge in [-0.1, -0.05) is 38.1 Å². The van der Waals surface area contributed by atoms with Gasteiger partial charge in [0.25, 0.3) is 5.69 Å². The number of benzene rings is 1. The molecule has 1 rings (SSSR count). The van der Waals surface area contributed by atoms with Gasteiger partial charge in [-0.2, -0.15) is 0 Å². The summed E-state index contributed by atoms with van der Waals surface area (Å²) in [6.07, 6.45) is 5.08. The Morgan fingerprint density at radius 1 is 1.16 bits per heavy atom.